The minimum absolute atomic E-state index is 0.0279. The van der Waals surface area contributed by atoms with E-state index in [9.17, 15) is 35.9 Å². The maximum atomic E-state index is 13.7. The zero-order valence-corrected chi connectivity index (χ0v) is 20.8. The van der Waals surface area contributed by atoms with Gasteiger partial charge in [0.15, 0.2) is 17.3 Å². The largest absolute Gasteiger partial charge is 0.573 e. The first-order valence-corrected chi connectivity index (χ1v) is 12.9. The van der Waals surface area contributed by atoms with Crippen molar-refractivity contribution in [2.24, 2.45) is 11.1 Å². The van der Waals surface area contributed by atoms with Gasteiger partial charge in [-0.3, -0.25) is 8.98 Å². The number of carbonyl (C=O) groups excluding carboxylic acids is 1. The summed E-state index contributed by atoms with van der Waals surface area (Å²) in [5, 5.41) is 18.2. The normalized spacial score (nSPS) is 19.7. The molecule has 4 rings (SSSR count). The number of aliphatic hydroxyl groups is 1. The highest BCUT2D eigenvalue weighted by molar-refractivity contribution is 7.84. The Balaban J connectivity index is 1.44. The number of nitrogens with one attached hydrogen (secondary N) is 1. The van der Waals surface area contributed by atoms with E-state index in [0.717, 1.165) is 12.1 Å². The number of carbonyl (C=O) groups is 1. The van der Waals surface area contributed by atoms with E-state index < -0.39 is 46.0 Å². The summed E-state index contributed by atoms with van der Waals surface area (Å²) < 4.78 is 83.2. The summed E-state index contributed by atoms with van der Waals surface area (Å²) in [6.45, 7) is -0.265. The molecule has 210 valence electrons. The molecule has 4 N–H and O–H groups in total. The first kappa shape index (κ1) is 28.4. The van der Waals surface area contributed by atoms with Crippen LogP contribution in [-0.2, 0) is 21.0 Å². The molecule has 16 heteroatoms. The van der Waals surface area contributed by atoms with Gasteiger partial charge in [-0.1, -0.05) is 6.07 Å². The molecule has 0 amide bonds. The predicted octanol–water partition coefficient (Wildman–Crippen LogP) is 2.37. The zero-order valence-electron chi connectivity index (χ0n) is 20.0. The van der Waals surface area contributed by atoms with Crippen molar-refractivity contribution in [3.8, 4) is 5.75 Å². The topological polar surface area (TPSA) is 159 Å². The maximum absolute atomic E-state index is 13.7. The Labute approximate surface area is 219 Å². The first-order chi connectivity index (χ1) is 18.3. The van der Waals surface area contributed by atoms with Crippen molar-refractivity contribution in [1.29, 1.82) is 0 Å². The lowest BCUT2D eigenvalue weighted by atomic mass is 10.1. The number of aromatic nitrogens is 3. The van der Waals surface area contributed by atoms with Gasteiger partial charge in [-0.15, -0.1) is 13.2 Å². The highest BCUT2D eigenvalue weighted by atomic mass is 32.2. The highest BCUT2D eigenvalue weighted by Gasteiger charge is 2.35. The summed E-state index contributed by atoms with van der Waals surface area (Å²) in [4.78, 5) is 21.3. The zero-order chi connectivity index (χ0) is 28.4. The number of benzene rings is 1. The molecule has 2 aromatic heterocycles. The van der Waals surface area contributed by atoms with Gasteiger partial charge in [0, 0.05) is 42.7 Å². The third-order valence-corrected chi connectivity index (χ3v) is 6.47. The van der Waals surface area contributed by atoms with E-state index in [4.69, 9.17) is 5.14 Å². The van der Waals surface area contributed by atoms with Gasteiger partial charge in [0.2, 0.25) is 0 Å². The summed E-state index contributed by atoms with van der Waals surface area (Å²) in [6, 6.07) is 4.22. The van der Waals surface area contributed by atoms with Crippen molar-refractivity contribution < 1.29 is 44.8 Å². The molecule has 2 heterocycles. The van der Waals surface area contributed by atoms with Crippen molar-refractivity contribution >= 4 is 21.9 Å². The molecular weight excluding hydrogens is 550 g/mol. The number of rotatable bonds is 10. The summed E-state index contributed by atoms with van der Waals surface area (Å²) in [5.41, 5.74) is 0.653. The molecule has 0 bridgehead atoms. The van der Waals surface area contributed by atoms with Gasteiger partial charge in [-0.05, 0) is 36.6 Å². The molecular formula is C23H23F4N5O6S. The lowest BCUT2D eigenvalue weighted by Gasteiger charge is -2.15. The molecule has 1 fully saturated rings. The molecule has 1 saturated carbocycles. The number of aliphatic hydroxyl groups excluding tert-OH is 1. The Morgan fingerprint density at radius 2 is 2.03 bits per heavy atom. The SMILES string of the molecule is NS(=O)(=O)OC[C@H]1C[C@@H](Nc2ncncc2C(=O)c2ccn(Cc3ccc(F)c(OC(F)(F)F)c3)c2)C[C@@H]1O. The second-order valence-electron chi connectivity index (χ2n) is 8.92. The van der Waals surface area contributed by atoms with E-state index in [-0.39, 0.29) is 42.6 Å². The number of ether oxygens (including phenoxy) is 1. The summed E-state index contributed by atoms with van der Waals surface area (Å²) in [5.74, 6) is -2.90. The van der Waals surface area contributed by atoms with Crippen LogP contribution < -0.4 is 15.2 Å². The Kier molecular flexibility index (Phi) is 8.20. The van der Waals surface area contributed by atoms with Gasteiger partial charge in [0.1, 0.15) is 12.1 Å². The van der Waals surface area contributed by atoms with Crippen molar-refractivity contribution in [2.45, 2.75) is 37.9 Å². The molecule has 0 saturated heterocycles. The Hall–Kier alpha value is -3.60. The van der Waals surface area contributed by atoms with E-state index in [1.54, 1.807) is 0 Å². The molecule has 0 radical (unpaired) electrons. The van der Waals surface area contributed by atoms with Crippen molar-refractivity contribution in [2.75, 3.05) is 11.9 Å². The Morgan fingerprint density at radius 3 is 2.74 bits per heavy atom. The minimum atomic E-state index is -5.05. The number of hydrogen-bond donors (Lipinski definition) is 3. The fourth-order valence-corrected chi connectivity index (χ4v) is 4.64. The first-order valence-electron chi connectivity index (χ1n) is 11.4. The molecule has 0 aliphatic heterocycles. The van der Waals surface area contributed by atoms with Crippen molar-refractivity contribution in [3.63, 3.8) is 0 Å². The van der Waals surface area contributed by atoms with Gasteiger partial charge in [-0.25, -0.2) is 19.5 Å². The van der Waals surface area contributed by atoms with Gasteiger partial charge in [0.25, 0.3) is 0 Å². The standard InChI is InChI=1S/C23H23F4N5O6S/c24-18-2-1-13(5-20(18)38-23(25,26)27)9-32-4-3-14(10-32)21(34)17-8-29-12-30-22(17)31-16-6-15(19(33)7-16)11-37-39(28,35)36/h1-5,8,10,12,15-16,19,33H,6-7,9,11H2,(H2,28,35,36)(H,29,30,31)/t15-,16-,19+/m1/s1. The average molecular weight is 574 g/mol. The third-order valence-electron chi connectivity index (χ3n) is 6.00. The summed E-state index contributed by atoms with van der Waals surface area (Å²) >= 11 is 0. The Morgan fingerprint density at radius 1 is 1.26 bits per heavy atom. The molecule has 0 unspecified atom stereocenters. The molecule has 11 nitrogen and oxygen atoms in total. The molecule has 1 aliphatic carbocycles. The number of nitrogens with zero attached hydrogens (tertiary/aromatic N) is 3. The molecule has 1 aromatic carbocycles. The number of hydrogen-bond acceptors (Lipinski definition) is 9. The van der Waals surface area contributed by atoms with E-state index in [1.807, 2.05) is 0 Å². The van der Waals surface area contributed by atoms with Crippen LogP contribution in [0.4, 0.5) is 23.4 Å². The molecule has 3 aromatic rings. The van der Waals surface area contributed by atoms with Crippen LogP contribution in [0.3, 0.4) is 0 Å². The van der Waals surface area contributed by atoms with E-state index in [1.165, 1.54) is 41.6 Å². The van der Waals surface area contributed by atoms with Crippen LogP contribution in [0, 0.1) is 11.7 Å². The van der Waals surface area contributed by atoms with Crippen LogP contribution in [0.2, 0.25) is 0 Å². The number of nitrogens with two attached hydrogens (primary N) is 1. The number of ketones is 1. The quantitative estimate of drug-likeness (QED) is 0.245. The Bertz CT molecular complexity index is 1450. The lowest BCUT2D eigenvalue weighted by molar-refractivity contribution is -0.275. The molecule has 1 aliphatic rings. The van der Waals surface area contributed by atoms with Crippen LogP contribution >= 0.6 is 0 Å². The lowest BCUT2D eigenvalue weighted by Crippen LogP contribution is -2.24. The van der Waals surface area contributed by atoms with Crippen LogP contribution in [0.25, 0.3) is 0 Å². The van der Waals surface area contributed by atoms with Gasteiger partial charge < -0.3 is 19.7 Å². The summed E-state index contributed by atoms with van der Waals surface area (Å²) in [6.07, 6.45) is 0.176. The smallest absolute Gasteiger partial charge is 0.403 e. The fourth-order valence-electron chi connectivity index (χ4n) is 4.27. The van der Waals surface area contributed by atoms with Gasteiger partial charge >= 0.3 is 16.7 Å². The van der Waals surface area contributed by atoms with Crippen LogP contribution in [0.15, 0.2) is 49.2 Å². The number of alkyl halides is 3. The van der Waals surface area contributed by atoms with E-state index in [2.05, 4.69) is 24.2 Å². The molecule has 3 atom stereocenters. The second kappa shape index (κ2) is 11.3. The van der Waals surface area contributed by atoms with Crippen LogP contribution in [0.1, 0.15) is 34.3 Å². The van der Waals surface area contributed by atoms with Crippen molar-refractivity contribution in [1.82, 2.24) is 14.5 Å². The van der Waals surface area contributed by atoms with Crippen LogP contribution in [0.5, 0.6) is 5.75 Å². The minimum Gasteiger partial charge on any atom is -0.403 e. The average Bonchev–Trinajstić information content (AvgIpc) is 3.44. The molecule has 0 spiro atoms. The van der Waals surface area contributed by atoms with Gasteiger partial charge in [0.05, 0.1) is 18.3 Å². The van der Waals surface area contributed by atoms with Gasteiger partial charge in [-0.2, -0.15) is 8.42 Å². The molecule has 39 heavy (non-hydrogen) atoms. The van der Waals surface area contributed by atoms with Crippen molar-refractivity contribution in [3.05, 3.63) is 71.7 Å². The van der Waals surface area contributed by atoms with E-state index in [0.29, 0.717) is 12.0 Å². The monoisotopic (exact) mass is 573 g/mol. The predicted molar refractivity (Wildman–Crippen MR) is 127 cm³/mol. The maximum Gasteiger partial charge on any atom is 0.573 e. The summed E-state index contributed by atoms with van der Waals surface area (Å²) in [7, 11) is -4.16. The third kappa shape index (κ3) is 7.72. The highest BCUT2D eigenvalue weighted by Crippen LogP contribution is 2.30. The van der Waals surface area contributed by atoms with E-state index >= 15 is 0 Å². The number of anilines is 1. The fraction of sp³-hybridized carbons (Fsp3) is 0.348. The van der Waals surface area contributed by atoms with Crippen LogP contribution in [-0.4, -0.2) is 59.0 Å². The number of halogens is 4. The second-order valence-corrected chi connectivity index (χ2v) is 10.1.